The molecule has 1 unspecified atom stereocenters. The molecule has 5 nitrogen and oxygen atoms in total. The normalized spacial score (nSPS) is 15.8. The van der Waals surface area contributed by atoms with Crippen molar-refractivity contribution in [3.05, 3.63) is 76.2 Å². The van der Waals surface area contributed by atoms with Gasteiger partial charge in [-0.15, -0.1) is 11.3 Å². The van der Waals surface area contributed by atoms with E-state index in [0.717, 1.165) is 6.07 Å². The van der Waals surface area contributed by atoms with Gasteiger partial charge in [-0.05, 0) is 53.6 Å². The zero-order valence-corrected chi connectivity index (χ0v) is 21.5. The van der Waals surface area contributed by atoms with Crippen molar-refractivity contribution in [1.29, 1.82) is 0 Å². The molecular weight excluding hydrogens is 508 g/mol. The molecule has 3 aromatic rings. The highest BCUT2D eigenvalue weighted by atomic mass is 32.1. The number of carbonyl (C=O) groups excluding carboxylic acids is 1. The first-order valence-corrected chi connectivity index (χ1v) is 12.6. The fourth-order valence-electron chi connectivity index (χ4n) is 4.93. The van der Waals surface area contributed by atoms with Crippen LogP contribution in [0.3, 0.4) is 0 Å². The Morgan fingerprint density at radius 1 is 1.05 bits per heavy atom. The molecular formula is C27H28F4N2O3S. The molecule has 10 heteroatoms. The van der Waals surface area contributed by atoms with Crippen LogP contribution in [-0.4, -0.2) is 49.5 Å². The summed E-state index contributed by atoms with van der Waals surface area (Å²) in [6.45, 7) is 2.54. The monoisotopic (exact) mass is 536 g/mol. The van der Waals surface area contributed by atoms with Crippen molar-refractivity contribution < 1.29 is 32.2 Å². The highest BCUT2D eigenvalue weighted by Gasteiger charge is 2.57. The number of rotatable bonds is 7. The number of fused-ring (bicyclic) bond motifs is 1. The third-order valence-corrected chi connectivity index (χ3v) is 7.55. The van der Waals surface area contributed by atoms with Crippen LogP contribution in [0, 0.1) is 5.82 Å². The van der Waals surface area contributed by atoms with E-state index in [1.807, 2.05) is 0 Å². The van der Waals surface area contributed by atoms with Crippen LogP contribution in [0.2, 0.25) is 0 Å². The van der Waals surface area contributed by atoms with Gasteiger partial charge in [-0.1, -0.05) is 32.0 Å². The Balaban J connectivity index is 1.67. The maximum Gasteiger partial charge on any atom is 0.418 e. The Hall–Kier alpha value is -3.11. The lowest BCUT2D eigenvalue weighted by atomic mass is 9.74. The van der Waals surface area contributed by atoms with Gasteiger partial charge >= 0.3 is 6.18 Å². The molecule has 1 aromatic heterocycles. The van der Waals surface area contributed by atoms with Gasteiger partial charge in [0.05, 0.1) is 29.9 Å². The second-order valence-electron chi connectivity index (χ2n) is 9.78. The lowest BCUT2D eigenvalue weighted by molar-refractivity contribution is -0.262. The SMILES string of the molecule is COc1ccc(F)cc1C(C)(C)CC(O)(CN1CCN(C(=O)c2cccs2)c2ccccc21)C(F)(F)F. The van der Waals surface area contributed by atoms with Crippen LogP contribution < -0.4 is 14.5 Å². The average Bonchev–Trinajstić information content (AvgIpc) is 3.38. The molecule has 4 rings (SSSR count). The Labute approximate surface area is 216 Å². The first kappa shape index (κ1) is 26.9. The molecule has 0 fully saturated rings. The van der Waals surface area contributed by atoms with Gasteiger partial charge in [-0.3, -0.25) is 4.79 Å². The van der Waals surface area contributed by atoms with Gasteiger partial charge < -0.3 is 19.6 Å². The number of halogens is 4. The first-order valence-electron chi connectivity index (χ1n) is 11.7. The van der Waals surface area contributed by atoms with Gasteiger partial charge in [0.25, 0.3) is 5.91 Å². The van der Waals surface area contributed by atoms with E-state index < -0.39 is 36.0 Å². The molecule has 1 aliphatic rings. The van der Waals surface area contributed by atoms with Crippen molar-refractivity contribution in [2.45, 2.75) is 37.5 Å². The summed E-state index contributed by atoms with van der Waals surface area (Å²) in [6.07, 6.45) is -5.72. The molecule has 0 saturated carbocycles. The summed E-state index contributed by atoms with van der Waals surface area (Å²) in [5.41, 5.74) is -3.32. The van der Waals surface area contributed by atoms with E-state index in [2.05, 4.69) is 0 Å². The molecule has 0 spiro atoms. The van der Waals surface area contributed by atoms with Crippen LogP contribution in [0.15, 0.2) is 60.0 Å². The summed E-state index contributed by atoms with van der Waals surface area (Å²) in [7, 11) is 1.36. The topological polar surface area (TPSA) is 53.0 Å². The summed E-state index contributed by atoms with van der Waals surface area (Å²) in [6, 6.07) is 13.8. The van der Waals surface area contributed by atoms with Crippen molar-refractivity contribution in [2.24, 2.45) is 0 Å². The third-order valence-electron chi connectivity index (χ3n) is 6.69. The number of alkyl halides is 3. The minimum atomic E-state index is -4.98. The smallest absolute Gasteiger partial charge is 0.418 e. The van der Waals surface area contributed by atoms with Gasteiger partial charge in [-0.2, -0.15) is 13.2 Å². The fourth-order valence-corrected chi connectivity index (χ4v) is 5.60. The van der Waals surface area contributed by atoms with Gasteiger partial charge in [0.2, 0.25) is 0 Å². The van der Waals surface area contributed by atoms with Crippen molar-refractivity contribution in [1.82, 2.24) is 0 Å². The van der Waals surface area contributed by atoms with Crippen molar-refractivity contribution >= 4 is 28.6 Å². The van der Waals surface area contributed by atoms with Crippen LogP contribution in [0.5, 0.6) is 5.75 Å². The standard InChI is InChI=1S/C27H28F4N2O3S/c1-25(2,19-15-18(28)10-11-22(19)36-3)16-26(35,27(29,30)31)17-32-12-13-33(21-8-5-4-7-20(21)32)24(34)23-9-6-14-37-23/h4-11,14-15,35H,12-13,16-17H2,1-3H3. The number of amides is 1. The van der Waals surface area contributed by atoms with Gasteiger partial charge in [0.15, 0.2) is 5.60 Å². The van der Waals surface area contributed by atoms with Gasteiger partial charge in [0.1, 0.15) is 11.6 Å². The summed E-state index contributed by atoms with van der Waals surface area (Å²) in [5, 5.41) is 13.0. The van der Waals surface area contributed by atoms with Crippen LogP contribution in [0.4, 0.5) is 28.9 Å². The predicted octanol–water partition coefficient (Wildman–Crippen LogP) is 6.02. The lowest BCUT2D eigenvalue weighted by Crippen LogP contribution is -2.58. The van der Waals surface area contributed by atoms with Crippen molar-refractivity contribution in [3.8, 4) is 5.75 Å². The highest BCUT2D eigenvalue weighted by molar-refractivity contribution is 7.12. The average molecular weight is 537 g/mol. The summed E-state index contributed by atoms with van der Waals surface area (Å²) in [5.74, 6) is -0.602. The predicted molar refractivity (Wildman–Crippen MR) is 136 cm³/mol. The molecule has 198 valence electrons. The van der Waals surface area contributed by atoms with E-state index in [1.165, 1.54) is 49.3 Å². The van der Waals surface area contributed by atoms with Crippen molar-refractivity contribution in [2.75, 3.05) is 36.5 Å². The molecule has 1 N–H and O–H groups in total. The number of nitrogens with zero attached hydrogens (tertiary/aromatic N) is 2. The molecule has 0 aliphatic carbocycles. The fraction of sp³-hybridized carbons (Fsp3) is 0.370. The van der Waals surface area contributed by atoms with Crippen molar-refractivity contribution in [3.63, 3.8) is 0 Å². The quantitative estimate of drug-likeness (QED) is 0.375. The number of carbonyl (C=O) groups is 1. The number of ether oxygens (including phenoxy) is 1. The van der Waals surface area contributed by atoms with Crippen LogP contribution in [0.1, 0.15) is 35.5 Å². The van der Waals surface area contributed by atoms with Gasteiger partial charge in [-0.25, -0.2) is 4.39 Å². The summed E-state index contributed by atoms with van der Waals surface area (Å²) >= 11 is 1.29. The summed E-state index contributed by atoms with van der Waals surface area (Å²) < 4.78 is 62.8. The highest BCUT2D eigenvalue weighted by Crippen LogP contribution is 2.45. The largest absolute Gasteiger partial charge is 0.496 e. The number of hydrogen-bond acceptors (Lipinski definition) is 5. The van der Waals surface area contributed by atoms with E-state index in [0.29, 0.717) is 16.3 Å². The van der Waals surface area contributed by atoms with Crippen LogP contribution >= 0.6 is 11.3 Å². The third kappa shape index (κ3) is 5.31. The number of para-hydroxylation sites is 2. The molecule has 0 bridgehead atoms. The minimum absolute atomic E-state index is 0.0935. The Kier molecular flexibility index (Phi) is 7.27. The molecule has 0 saturated heterocycles. The number of β-amino-alcohol motifs (C(OH)–C–C–N with tert-alkyl or cyclic N) is 1. The molecule has 2 aromatic carbocycles. The Morgan fingerprint density at radius 2 is 1.76 bits per heavy atom. The Morgan fingerprint density at radius 3 is 2.38 bits per heavy atom. The summed E-state index contributed by atoms with van der Waals surface area (Å²) in [4.78, 5) is 16.6. The maximum absolute atomic E-state index is 14.5. The van der Waals surface area contributed by atoms with E-state index in [4.69, 9.17) is 4.74 Å². The second kappa shape index (κ2) is 9.98. The van der Waals surface area contributed by atoms with E-state index in [9.17, 15) is 27.5 Å². The zero-order chi connectivity index (χ0) is 27.0. The molecule has 2 heterocycles. The zero-order valence-electron chi connectivity index (χ0n) is 20.7. The number of aliphatic hydroxyl groups is 1. The maximum atomic E-state index is 14.5. The van der Waals surface area contributed by atoms with E-state index >= 15 is 0 Å². The first-order chi connectivity index (χ1) is 17.4. The van der Waals surface area contributed by atoms with E-state index in [1.54, 1.807) is 46.7 Å². The number of benzene rings is 2. The van der Waals surface area contributed by atoms with E-state index in [-0.39, 0.29) is 30.3 Å². The molecule has 1 aliphatic heterocycles. The lowest BCUT2D eigenvalue weighted by Gasteiger charge is -2.44. The number of hydrogen-bond donors (Lipinski definition) is 1. The van der Waals surface area contributed by atoms with Crippen LogP contribution in [0.25, 0.3) is 0 Å². The number of methoxy groups -OCH3 is 1. The second-order valence-corrected chi connectivity index (χ2v) is 10.7. The number of anilines is 2. The molecule has 1 atom stereocenters. The number of thiophene rings is 1. The minimum Gasteiger partial charge on any atom is -0.496 e. The molecule has 0 radical (unpaired) electrons. The van der Waals surface area contributed by atoms with Gasteiger partial charge in [0, 0.05) is 18.7 Å². The van der Waals surface area contributed by atoms with Crippen LogP contribution in [-0.2, 0) is 5.41 Å². The molecule has 1 amide bonds. The Bertz CT molecular complexity index is 1260. The molecule has 37 heavy (non-hydrogen) atoms.